The predicted octanol–water partition coefficient (Wildman–Crippen LogP) is 8.38. The molecule has 3 heterocycles. The molecule has 0 saturated carbocycles. The third-order valence-corrected chi connectivity index (χ3v) is 7.46. The molecule has 0 aliphatic carbocycles. The number of nitrogens with zero attached hydrogens (tertiary/aromatic N) is 3. The van der Waals surface area contributed by atoms with E-state index in [1.54, 1.807) is 0 Å². The molecule has 6 aromatic rings. The van der Waals surface area contributed by atoms with E-state index >= 15 is 0 Å². The first-order chi connectivity index (χ1) is 16.9. The van der Waals surface area contributed by atoms with Crippen molar-refractivity contribution in [2.45, 2.75) is 9.79 Å². The van der Waals surface area contributed by atoms with Crippen LogP contribution in [0.25, 0.3) is 32.9 Å². The lowest BCUT2D eigenvalue weighted by Crippen LogP contribution is -2.14. The van der Waals surface area contributed by atoms with E-state index in [2.05, 4.69) is 106 Å². The van der Waals surface area contributed by atoms with Gasteiger partial charge in [0.25, 0.3) is 0 Å². The summed E-state index contributed by atoms with van der Waals surface area (Å²) in [5.41, 5.74) is 7.79. The van der Waals surface area contributed by atoms with E-state index in [0.29, 0.717) is 0 Å². The summed E-state index contributed by atoms with van der Waals surface area (Å²) in [6.07, 6.45) is 3.67. The minimum atomic E-state index is 0.940. The highest BCUT2D eigenvalue weighted by atomic mass is 32.2. The Labute approximate surface area is 201 Å². The number of hydrogen-bond acceptors (Lipinski definition) is 4. The lowest BCUT2D eigenvalue weighted by Gasteiger charge is -2.32. The van der Waals surface area contributed by atoms with Gasteiger partial charge in [-0.1, -0.05) is 60.3 Å². The van der Waals surface area contributed by atoms with Crippen molar-refractivity contribution in [1.29, 1.82) is 0 Å². The van der Waals surface area contributed by atoms with Gasteiger partial charge >= 0.3 is 0 Å². The molecule has 34 heavy (non-hydrogen) atoms. The number of anilines is 3. The highest BCUT2D eigenvalue weighted by Crippen LogP contribution is 2.51. The Balaban J connectivity index is 1.39. The van der Waals surface area contributed by atoms with E-state index in [9.17, 15) is 0 Å². The van der Waals surface area contributed by atoms with E-state index in [1.165, 1.54) is 32.3 Å². The first-order valence-electron chi connectivity index (χ1n) is 11.3. The van der Waals surface area contributed by atoms with Crippen molar-refractivity contribution >= 4 is 50.6 Å². The van der Waals surface area contributed by atoms with Gasteiger partial charge in [-0.15, -0.1) is 0 Å². The van der Waals surface area contributed by atoms with Gasteiger partial charge < -0.3 is 4.90 Å². The second kappa shape index (κ2) is 7.72. The summed E-state index contributed by atoms with van der Waals surface area (Å²) in [6, 6.07) is 36.5. The molecule has 4 aromatic carbocycles. The first kappa shape index (κ1) is 19.3. The molecule has 0 N–H and O–H groups in total. The molecule has 0 unspecified atom stereocenters. The SMILES string of the molecule is c1ccc2c(c1)Sc1ccccc1N2c1ccc(-c2cc3cccnc3c3ncccc23)cc1. The molecule has 0 amide bonds. The summed E-state index contributed by atoms with van der Waals surface area (Å²) in [7, 11) is 0. The maximum absolute atomic E-state index is 4.66. The van der Waals surface area contributed by atoms with Crippen LogP contribution in [-0.2, 0) is 0 Å². The van der Waals surface area contributed by atoms with Crippen LogP contribution < -0.4 is 4.90 Å². The smallest absolute Gasteiger partial charge is 0.0970 e. The Morgan fingerprint density at radius 2 is 1.24 bits per heavy atom. The zero-order valence-corrected chi connectivity index (χ0v) is 19.0. The summed E-state index contributed by atoms with van der Waals surface area (Å²) in [5.74, 6) is 0. The van der Waals surface area contributed by atoms with Crippen molar-refractivity contribution in [3.63, 3.8) is 0 Å². The fourth-order valence-electron chi connectivity index (χ4n) is 4.79. The quantitative estimate of drug-likeness (QED) is 0.246. The van der Waals surface area contributed by atoms with Gasteiger partial charge in [0.15, 0.2) is 0 Å². The van der Waals surface area contributed by atoms with Gasteiger partial charge in [-0.2, -0.15) is 0 Å². The Morgan fingerprint density at radius 1 is 0.588 bits per heavy atom. The molecule has 4 heteroatoms. The number of fused-ring (bicyclic) bond motifs is 5. The normalized spacial score (nSPS) is 12.5. The van der Waals surface area contributed by atoms with Gasteiger partial charge in [-0.3, -0.25) is 9.97 Å². The van der Waals surface area contributed by atoms with E-state index in [1.807, 2.05) is 36.3 Å². The number of hydrogen-bond donors (Lipinski definition) is 0. The highest BCUT2D eigenvalue weighted by Gasteiger charge is 2.24. The van der Waals surface area contributed by atoms with Crippen LogP contribution in [0.2, 0.25) is 0 Å². The van der Waals surface area contributed by atoms with Crippen molar-refractivity contribution in [2.75, 3.05) is 4.90 Å². The monoisotopic (exact) mass is 453 g/mol. The summed E-state index contributed by atoms with van der Waals surface area (Å²) >= 11 is 1.83. The molecule has 0 bridgehead atoms. The van der Waals surface area contributed by atoms with Crippen molar-refractivity contribution in [2.24, 2.45) is 0 Å². The number of para-hydroxylation sites is 2. The topological polar surface area (TPSA) is 29.0 Å². The zero-order valence-electron chi connectivity index (χ0n) is 18.2. The van der Waals surface area contributed by atoms with Crippen molar-refractivity contribution in [3.8, 4) is 11.1 Å². The first-order valence-corrected chi connectivity index (χ1v) is 12.1. The maximum atomic E-state index is 4.66. The molecule has 0 spiro atoms. The Bertz CT molecular complexity index is 1650. The third-order valence-electron chi connectivity index (χ3n) is 6.33. The number of benzene rings is 4. The van der Waals surface area contributed by atoms with Gasteiger partial charge in [0.2, 0.25) is 0 Å². The average Bonchev–Trinajstić information content (AvgIpc) is 2.91. The molecular weight excluding hydrogens is 434 g/mol. The van der Waals surface area contributed by atoms with Crippen LogP contribution in [-0.4, -0.2) is 9.97 Å². The molecule has 0 atom stereocenters. The molecular formula is C30H19N3S. The molecule has 1 aliphatic heterocycles. The predicted molar refractivity (Wildman–Crippen MR) is 141 cm³/mol. The van der Waals surface area contributed by atoms with Crippen LogP contribution in [0.5, 0.6) is 0 Å². The molecule has 0 saturated heterocycles. The Morgan fingerprint density at radius 3 is 1.97 bits per heavy atom. The molecule has 3 nitrogen and oxygen atoms in total. The summed E-state index contributed by atoms with van der Waals surface area (Å²) < 4.78 is 0. The van der Waals surface area contributed by atoms with Crippen molar-refractivity contribution < 1.29 is 0 Å². The van der Waals surface area contributed by atoms with Crippen LogP contribution in [0.1, 0.15) is 0 Å². The largest absolute Gasteiger partial charge is 0.308 e. The molecule has 7 rings (SSSR count). The maximum Gasteiger partial charge on any atom is 0.0970 e. The van der Waals surface area contributed by atoms with Gasteiger partial charge in [0, 0.05) is 38.6 Å². The molecule has 0 radical (unpaired) electrons. The summed E-state index contributed by atoms with van der Waals surface area (Å²) in [6.45, 7) is 0. The van der Waals surface area contributed by atoms with Crippen LogP contribution in [0.15, 0.2) is 125 Å². The fourth-order valence-corrected chi connectivity index (χ4v) is 5.85. The number of pyridine rings is 2. The van der Waals surface area contributed by atoms with Crippen molar-refractivity contribution in [3.05, 3.63) is 116 Å². The van der Waals surface area contributed by atoms with Gasteiger partial charge in [0.05, 0.1) is 22.4 Å². The summed E-state index contributed by atoms with van der Waals surface area (Å²) in [4.78, 5) is 14.1. The van der Waals surface area contributed by atoms with E-state index in [-0.39, 0.29) is 0 Å². The Kier molecular flexibility index (Phi) is 4.39. The standard InChI is InChI=1S/C30H19N3S/c1-3-11-27-25(9-1)33(26-10-2-4-12-28(26)34-27)22-15-13-20(14-16-22)24-19-21-7-5-17-31-29(21)30-23(24)8-6-18-32-30/h1-19H. The van der Waals surface area contributed by atoms with Crippen LogP contribution >= 0.6 is 11.8 Å². The number of aromatic nitrogens is 2. The highest BCUT2D eigenvalue weighted by molar-refractivity contribution is 7.99. The van der Waals surface area contributed by atoms with Crippen molar-refractivity contribution in [1.82, 2.24) is 9.97 Å². The summed E-state index contributed by atoms with van der Waals surface area (Å²) in [5, 5.41) is 2.22. The lowest BCUT2D eigenvalue weighted by molar-refractivity contribution is 1.17. The van der Waals surface area contributed by atoms with Gasteiger partial charge in [-0.25, -0.2) is 0 Å². The van der Waals surface area contributed by atoms with Crippen LogP contribution in [0.3, 0.4) is 0 Å². The minimum Gasteiger partial charge on any atom is -0.308 e. The lowest BCUT2D eigenvalue weighted by atomic mass is 9.97. The van der Waals surface area contributed by atoms with Gasteiger partial charge in [-0.05, 0) is 65.7 Å². The Hall–Kier alpha value is -4.15. The van der Waals surface area contributed by atoms with Crippen LogP contribution in [0, 0.1) is 0 Å². The zero-order chi connectivity index (χ0) is 22.5. The van der Waals surface area contributed by atoms with E-state index in [0.717, 1.165) is 27.5 Å². The van der Waals surface area contributed by atoms with E-state index < -0.39 is 0 Å². The van der Waals surface area contributed by atoms with Gasteiger partial charge in [0.1, 0.15) is 0 Å². The third kappa shape index (κ3) is 3.00. The molecule has 2 aromatic heterocycles. The average molecular weight is 454 g/mol. The second-order valence-electron chi connectivity index (χ2n) is 8.32. The van der Waals surface area contributed by atoms with E-state index in [4.69, 9.17) is 0 Å². The molecule has 1 aliphatic rings. The minimum absolute atomic E-state index is 0.940. The molecule has 160 valence electrons. The number of rotatable bonds is 2. The fraction of sp³-hybridized carbons (Fsp3) is 0. The van der Waals surface area contributed by atoms with Crippen LogP contribution in [0.4, 0.5) is 17.1 Å². The second-order valence-corrected chi connectivity index (χ2v) is 9.40. The molecule has 0 fully saturated rings.